The maximum atomic E-state index is 9.16. The van der Waals surface area contributed by atoms with Crippen LogP contribution in [0.1, 0.15) is 31.9 Å². The van der Waals surface area contributed by atoms with Crippen molar-refractivity contribution in [2.24, 2.45) is 0 Å². The van der Waals surface area contributed by atoms with Crippen LogP contribution in [0, 0.1) is 11.3 Å². The van der Waals surface area contributed by atoms with Crippen molar-refractivity contribution in [2.45, 2.75) is 26.3 Å². The molecule has 3 nitrogen and oxygen atoms in total. The molecule has 20 heavy (non-hydrogen) atoms. The van der Waals surface area contributed by atoms with E-state index in [2.05, 4.69) is 18.3 Å². The summed E-state index contributed by atoms with van der Waals surface area (Å²) in [4.78, 5) is 0. The van der Waals surface area contributed by atoms with Gasteiger partial charge in [0.2, 0.25) is 5.05 Å². The highest BCUT2D eigenvalue weighted by Crippen LogP contribution is 2.21. The Morgan fingerprint density at radius 1 is 1.45 bits per heavy atom. The summed E-state index contributed by atoms with van der Waals surface area (Å²) in [7, 11) is 1.46. The molecule has 1 N–H and O–H groups in total. The van der Waals surface area contributed by atoms with Crippen LogP contribution in [-0.2, 0) is 4.74 Å². The number of halogens is 1. The van der Waals surface area contributed by atoms with E-state index in [0.29, 0.717) is 16.3 Å². The quantitative estimate of drug-likeness (QED) is 0.504. The van der Waals surface area contributed by atoms with Gasteiger partial charge in [0.25, 0.3) is 0 Å². The molecule has 0 radical (unpaired) electrons. The second kappa shape index (κ2) is 7.88. The molecule has 0 fully saturated rings. The van der Waals surface area contributed by atoms with E-state index in [9.17, 15) is 0 Å². The fourth-order valence-electron chi connectivity index (χ4n) is 1.83. The molecule has 0 saturated heterocycles. The van der Waals surface area contributed by atoms with Crippen molar-refractivity contribution < 1.29 is 4.74 Å². The first-order chi connectivity index (χ1) is 9.53. The topological polar surface area (TPSA) is 45.0 Å². The number of allylic oxidation sites excluding steroid dienone is 1. The van der Waals surface area contributed by atoms with Crippen molar-refractivity contribution in [2.75, 3.05) is 7.11 Å². The first-order valence-corrected chi connectivity index (χ1v) is 7.03. The van der Waals surface area contributed by atoms with Gasteiger partial charge in [0.1, 0.15) is 11.6 Å². The molecule has 0 bridgehead atoms. The van der Waals surface area contributed by atoms with E-state index in [-0.39, 0.29) is 11.1 Å². The number of rotatable bonds is 5. The molecule has 1 aromatic rings. The van der Waals surface area contributed by atoms with Crippen LogP contribution in [0.5, 0.6) is 0 Å². The lowest BCUT2D eigenvalue weighted by Crippen LogP contribution is -2.21. The first kappa shape index (κ1) is 16.5. The van der Waals surface area contributed by atoms with Gasteiger partial charge in [0.05, 0.1) is 13.2 Å². The van der Waals surface area contributed by atoms with E-state index in [1.54, 1.807) is 0 Å². The number of thiocarbonyl (C=S) groups is 1. The van der Waals surface area contributed by atoms with Gasteiger partial charge in [-0.3, -0.25) is 0 Å². The fraction of sp³-hybridized carbons (Fsp3) is 0.333. The standard InChI is InChI=1S/C15H17ClN2OS/c1-4-14(11-5-7-12(16)8-6-11)18-10(2)13(9-17)15(20)19-3/h5-8,14,18H,4H2,1-3H3. The smallest absolute Gasteiger partial charge is 0.203 e. The van der Waals surface area contributed by atoms with Gasteiger partial charge in [-0.1, -0.05) is 30.7 Å². The minimum atomic E-state index is 0.0928. The monoisotopic (exact) mass is 308 g/mol. The zero-order valence-corrected chi connectivity index (χ0v) is 13.3. The van der Waals surface area contributed by atoms with Gasteiger partial charge in [0.15, 0.2) is 0 Å². The third-order valence-electron chi connectivity index (χ3n) is 2.95. The van der Waals surface area contributed by atoms with Crippen LogP contribution in [0.25, 0.3) is 0 Å². The Morgan fingerprint density at radius 3 is 2.50 bits per heavy atom. The summed E-state index contributed by atoms with van der Waals surface area (Å²) >= 11 is 10.9. The van der Waals surface area contributed by atoms with Gasteiger partial charge in [-0.2, -0.15) is 5.26 Å². The van der Waals surface area contributed by atoms with Gasteiger partial charge in [-0.05, 0) is 43.3 Å². The Morgan fingerprint density at radius 2 is 2.05 bits per heavy atom. The Hall–Kier alpha value is -1.57. The average molecular weight is 309 g/mol. The molecule has 0 saturated carbocycles. The van der Waals surface area contributed by atoms with Crippen LogP contribution in [-0.4, -0.2) is 12.2 Å². The minimum Gasteiger partial charge on any atom is -0.486 e. The first-order valence-electron chi connectivity index (χ1n) is 6.24. The highest BCUT2D eigenvalue weighted by Gasteiger charge is 2.14. The fourth-order valence-corrected chi connectivity index (χ4v) is 2.16. The van der Waals surface area contributed by atoms with Crippen LogP contribution in [0.3, 0.4) is 0 Å². The van der Waals surface area contributed by atoms with Crippen molar-refractivity contribution in [3.63, 3.8) is 0 Å². The molecule has 0 heterocycles. The van der Waals surface area contributed by atoms with Crippen LogP contribution in [0.2, 0.25) is 5.02 Å². The Labute approximate surface area is 130 Å². The van der Waals surface area contributed by atoms with Crippen LogP contribution >= 0.6 is 23.8 Å². The Balaban J connectivity index is 2.98. The van der Waals surface area contributed by atoms with Gasteiger partial charge >= 0.3 is 0 Å². The second-order valence-corrected chi connectivity index (χ2v) is 5.07. The normalized spacial score (nSPS) is 12.9. The maximum Gasteiger partial charge on any atom is 0.203 e. The molecule has 0 amide bonds. The third-order valence-corrected chi connectivity index (χ3v) is 3.57. The molecule has 1 aromatic carbocycles. The zero-order chi connectivity index (χ0) is 15.1. The molecule has 0 spiro atoms. The van der Waals surface area contributed by atoms with E-state index in [1.165, 1.54) is 7.11 Å². The van der Waals surface area contributed by atoms with Crippen molar-refractivity contribution in [1.82, 2.24) is 5.32 Å². The highest BCUT2D eigenvalue weighted by molar-refractivity contribution is 7.80. The molecule has 106 valence electrons. The lowest BCUT2D eigenvalue weighted by molar-refractivity contribution is 0.415. The largest absolute Gasteiger partial charge is 0.486 e. The molecular formula is C15H17ClN2OS. The summed E-state index contributed by atoms with van der Waals surface area (Å²) in [6.45, 7) is 3.89. The van der Waals surface area contributed by atoms with Crippen molar-refractivity contribution >= 4 is 28.9 Å². The van der Waals surface area contributed by atoms with E-state index >= 15 is 0 Å². The molecule has 0 aliphatic rings. The Bertz CT molecular complexity index is 546. The number of ether oxygens (including phenoxy) is 1. The molecule has 0 aliphatic carbocycles. The van der Waals surface area contributed by atoms with E-state index in [4.69, 9.17) is 33.8 Å². The van der Waals surface area contributed by atoms with Gasteiger partial charge in [-0.25, -0.2) is 0 Å². The lowest BCUT2D eigenvalue weighted by Gasteiger charge is -2.20. The second-order valence-electron chi connectivity index (χ2n) is 4.26. The van der Waals surface area contributed by atoms with Crippen molar-refractivity contribution in [3.05, 3.63) is 46.1 Å². The molecule has 1 atom stereocenters. The number of nitrogens with zero attached hydrogens (tertiary/aromatic N) is 1. The number of hydrogen-bond acceptors (Lipinski definition) is 4. The molecule has 1 unspecified atom stereocenters. The maximum absolute atomic E-state index is 9.16. The predicted molar refractivity (Wildman–Crippen MR) is 85.5 cm³/mol. The number of benzene rings is 1. The summed E-state index contributed by atoms with van der Waals surface area (Å²) in [5.74, 6) is 0. The Kier molecular flexibility index (Phi) is 6.50. The predicted octanol–water partition coefficient (Wildman–Crippen LogP) is 4.15. The number of hydrogen-bond donors (Lipinski definition) is 1. The summed E-state index contributed by atoms with van der Waals surface area (Å²) in [6, 6.07) is 9.81. The average Bonchev–Trinajstić information content (AvgIpc) is 2.46. The van der Waals surface area contributed by atoms with Crippen LogP contribution in [0.15, 0.2) is 35.5 Å². The summed E-state index contributed by atoms with van der Waals surface area (Å²) in [5, 5.41) is 13.4. The van der Waals surface area contributed by atoms with E-state index < -0.39 is 0 Å². The van der Waals surface area contributed by atoms with Crippen molar-refractivity contribution in [1.29, 1.82) is 5.26 Å². The van der Waals surface area contributed by atoms with E-state index in [1.807, 2.05) is 31.2 Å². The minimum absolute atomic E-state index is 0.0928. The SMILES string of the molecule is CCC(NC(C)=C(C#N)C(=S)OC)c1ccc(Cl)cc1. The van der Waals surface area contributed by atoms with Gasteiger partial charge < -0.3 is 10.1 Å². The lowest BCUT2D eigenvalue weighted by atomic mass is 10.0. The molecule has 0 aromatic heterocycles. The number of nitriles is 1. The van der Waals surface area contributed by atoms with Gasteiger partial charge in [0, 0.05) is 10.7 Å². The molecule has 0 aliphatic heterocycles. The number of nitrogens with one attached hydrogen (secondary N) is 1. The summed E-state index contributed by atoms with van der Waals surface area (Å²) < 4.78 is 4.95. The molecule has 5 heteroatoms. The van der Waals surface area contributed by atoms with Crippen LogP contribution < -0.4 is 5.32 Å². The zero-order valence-electron chi connectivity index (χ0n) is 11.7. The summed E-state index contributed by atoms with van der Waals surface area (Å²) in [5.41, 5.74) is 2.17. The van der Waals surface area contributed by atoms with Gasteiger partial charge in [-0.15, -0.1) is 0 Å². The number of methoxy groups -OCH3 is 1. The third kappa shape index (κ3) is 4.22. The molecular weight excluding hydrogens is 292 g/mol. The summed E-state index contributed by atoms with van der Waals surface area (Å²) in [6.07, 6.45) is 0.872. The van der Waals surface area contributed by atoms with Crippen molar-refractivity contribution in [3.8, 4) is 6.07 Å². The molecule has 1 rings (SSSR count). The highest BCUT2D eigenvalue weighted by atomic mass is 35.5. The van der Waals surface area contributed by atoms with Crippen LogP contribution in [0.4, 0.5) is 0 Å². The van der Waals surface area contributed by atoms with E-state index in [0.717, 1.165) is 12.0 Å².